The Morgan fingerprint density at radius 1 is 1.18 bits per heavy atom. The molecule has 2 aromatic heterocycles. The van der Waals surface area contributed by atoms with Crippen molar-refractivity contribution < 1.29 is 13.0 Å². The number of hydrogen-bond donors (Lipinski definition) is 2. The molecule has 1 aromatic carbocycles. The maximum atomic E-state index is 11.5. The van der Waals surface area contributed by atoms with E-state index in [1.165, 1.54) is 6.20 Å². The van der Waals surface area contributed by atoms with Crippen LogP contribution in [0.1, 0.15) is 5.56 Å². The van der Waals surface area contributed by atoms with E-state index in [1.807, 2.05) is 6.07 Å². The van der Waals surface area contributed by atoms with Gasteiger partial charge in [-0.3, -0.25) is 4.55 Å². The zero-order chi connectivity index (χ0) is 15.0. The molecule has 0 aliphatic carbocycles. The Kier molecular flexibility index (Phi) is 4.65. The fourth-order valence-electron chi connectivity index (χ4n) is 1.97. The third-order valence-corrected chi connectivity index (χ3v) is 3.67. The second kappa shape index (κ2) is 6.16. The molecule has 1 radical (unpaired) electrons. The summed E-state index contributed by atoms with van der Waals surface area (Å²) in [7, 11) is -4.55. The number of hydrogen-bond acceptors (Lipinski definition) is 5. The van der Waals surface area contributed by atoms with E-state index >= 15 is 0 Å². The topological polar surface area (TPSA) is 120 Å². The first-order valence-electron chi connectivity index (χ1n) is 5.83. The predicted molar refractivity (Wildman–Crippen MR) is 79.6 cm³/mol. The van der Waals surface area contributed by atoms with Crippen LogP contribution in [0.15, 0.2) is 41.6 Å². The van der Waals surface area contributed by atoms with Gasteiger partial charge < -0.3 is 4.98 Å². The van der Waals surface area contributed by atoms with Gasteiger partial charge in [-0.2, -0.15) is 13.7 Å². The summed E-state index contributed by atoms with van der Waals surface area (Å²) >= 11 is 0. The molecule has 0 aliphatic heterocycles. The Morgan fingerprint density at radius 2 is 1.86 bits per heavy atom. The minimum Gasteiger partial charge on any atom is -0.356 e. The molecule has 3 rings (SSSR count). The molecule has 0 saturated heterocycles. The number of aromatic amines is 1. The average molecular weight is 323 g/mol. The summed E-state index contributed by atoms with van der Waals surface area (Å²) in [6.45, 7) is 0. The number of H-pyrrole nitrogens is 1. The van der Waals surface area contributed by atoms with E-state index in [0.29, 0.717) is 5.56 Å². The van der Waals surface area contributed by atoms with E-state index in [0.717, 1.165) is 0 Å². The zero-order valence-corrected chi connectivity index (χ0v) is 14.3. The van der Waals surface area contributed by atoms with Gasteiger partial charge in [-0.1, -0.05) is 30.3 Å². The quantitative estimate of drug-likeness (QED) is 0.417. The van der Waals surface area contributed by atoms with Gasteiger partial charge in [-0.25, -0.2) is 9.97 Å². The largest absolute Gasteiger partial charge is 0.356 e. The molecule has 0 aliphatic rings. The number of nitrogens with one attached hydrogen (secondary N) is 1. The normalized spacial score (nSPS) is 10.9. The van der Waals surface area contributed by atoms with Gasteiger partial charge in [-0.05, 0) is 0 Å². The van der Waals surface area contributed by atoms with E-state index in [-0.39, 0.29) is 52.0 Å². The van der Waals surface area contributed by atoms with Crippen LogP contribution in [0.2, 0.25) is 0 Å². The molecule has 9 heteroatoms. The van der Waals surface area contributed by atoms with Gasteiger partial charge in [0.15, 0.2) is 5.82 Å². The van der Waals surface area contributed by atoms with Crippen LogP contribution in [0.4, 0.5) is 0 Å². The number of aromatic nitrogens is 3. The van der Waals surface area contributed by atoms with Crippen molar-refractivity contribution in [1.82, 2.24) is 15.0 Å². The van der Waals surface area contributed by atoms with Gasteiger partial charge in [0.1, 0.15) is 17.1 Å². The Balaban J connectivity index is 0.00000176. The van der Waals surface area contributed by atoms with Crippen molar-refractivity contribution in [3.8, 4) is 17.5 Å². The number of nitrogens with zero attached hydrogens (tertiary/aromatic N) is 3. The van der Waals surface area contributed by atoms with Crippen molar-refractivity contribution in [2.24, 2.45) is 0 Å². The van der Waals surface area contributed by atoms with Crippen LogP contribution in [-0.2, 0) is 10.1 Å². The molecule has 105 valence electrons. The Hall–Kier alpha value is -1.76. The zero-order valence-electron chi connectivity index (χ0n) is 11.5. The van der Waals surface area contributed by atoms with E-state index < -0.39 is 15.1 Å². The van der Waals surface area contributed by atoms with Crippen molar-refractivity contribution in [3.63, 3.8) is 0 Å². The van der Waals surface area contributed by atoms with Gasteiger partial charge in [-0.15, -0.1) is 0 Å². The van der Waals surface area contributed by atoms with E-state index in [2.05, 4.69) is 15.0 Å². The SMILES string of the molecule is N#Cc1c[nH]c2c(S(=O)(=O)O)nc(-c3ccccc3)nc12.[Na]. The molecular formula is C13H8N4NaO3S. The number of fused-ring (bicyclic) bond motifs is 1. The second-order valence-corrected chi connectivity index (χ2v) is 5.57. The Morgan fingerprint density at radius 3 is 2.45 bits per heavy atom. The van der Waals surface area contributed by atoms with E-state index in [1.54, 1.807) is 30.3 Å². The third kappa shape index (κ3) is 2.90. The van der Waals surface area contributed by atoms with Crippen molar-refractivity contribution in [3.05, 3.63) is 42.1 Å². The Labute approximate surface area is 148 Å². The standard InChI is InChI=1S/C13H8N4O3S.Na/c14-6-9-7-15-11-10(9)16-12(8-4-2-1-3-5-8)17-13(11)21(18,19)20;/h1-5,7,15H,(H,18,19,20);. The molecule has 0 amide bonds. The van der Waals surface area contributed by atoms with E-state index in [4.69, 9.17) is 5.26 Å². The number of benzene rings is 1. The van der Waals surface area contributed by atoms with Crippen molar-refractivity contribution in [1.29, 1.82) is 5.26 Å². The first-order chi connectivity index (χ1) is 10.0. The molecule has 22 heavy (non-hydrogen) atoms. The molecule has 0 bridgehead atoms. The summed E-state index contributed by atoms with van der Waals surface area (Å²) in [5, 5.41) is 8.49. The first kappa shape index (κ1) is 16.6. The van der Waals surface area contributed by atoms with Crippen molar-refractivity contribution in [2.45, 2.75) is 5.03 Å². The van der Waals surface area contributed by atoms with Crippen LogP contribution < -0.4 is 0 Å². The summed E-state index contributed by atoms with van der Waals surface area (Å²) < 4.78 is 32.3. The summed E-state index contributed by atoms with van der Waals surface area (Å²) in [5.41, 5.74) is 0.914. The molecule has 3 aromatic rings. The molecule has 0 saturated carbocycles. The number of rotatable bonds is 2. The maximum absolute atomic E-state index is 11.5. The Bertz CT molecular complexity index is 978. The molecule has 0 spiro atoms. The number of nitriles is 1. The maximum Gasteiger partial charge on any atom is 0.314 e. The summed E-state index contributed by atoms with van der Waals surface area (Å²) in [6.07, 6.45) is 1.32. The van der Waals surface area contributed by atoms with Crippen molar-refractivity contribution >= 4 is 50.7 Å². The molecular weight excluding hydrogens is 315 g/mol. The summed E-state index contributed by atoms with van der Waals surface area (Å²) in [4.78, 5) is 10.7. The van der Waals surface area contributed by atoms with E-state index in [9.17, 15) is 13.0 Å². The van der Waals surface area contributed by atoms with Crippen LogP contribution in [0.5, 0.6) is 0 Å². The van der Waals surface area contributed by atoms with Gasteiger partial charge in [0.2, 0.25) is 5.03 Å². The van der Waals surface area contributed by atoms with Crippen LogP contribution >= 0.6 is 0 Å². The van der Waals surface area contributed by atoms with Crippen LogP contribution in [0, 0.1) is 11.3 Å². The average Bonchev–Trinajstić information content (AvgIpc) is 2.89. The van der Waals surface area contributed by atoms with Crippen LogP contribution in [-0.4, -0.2) is 57.5 Å². The monoisotopic (exact) mass is 323 g/mol. The summed E-state index contributed by atoms with van der Waals surface area (Å²) in [5.74, 6) is 0.117. The molecule has 2 heterocycles. The minimum atomic E-state index is -4.55. The fourth-order valence-corrected chi connectivity index (χ4v) is 2.58. The summed E-state index contributed by atoms with van der Waals surface area (Å²) in [6, 6.07) is 10.6. The molecule has 7 nitrogen and oxygen atoms in total. The predicted octanol–water partition coefficient (Wildman–Crippen LogP) is 1.36. The molecule has 0 atom stereocenters. The van der Waals surface area contributed by atoms with Gasteiger partial charge >= 0.3 is 10.1 Å². The van der Waals surface area contributed by atoms with Crippen molar-refractivity contribution in [2.75, 3.05) is 0 Å². The smallest absolute Gasteiger partial charge is 0.314 e. The minimum absolute atomic E-state index is 0. The van der Waals surface area contributed by atoms with Gasteiger partial charge in [0.25, 0.3) is 0 Å². The third-order valence-electron chi connectivity index (χ3n) is 2.89. The van der Waals surface area contributed by atoms with Gasteiger partial charge in [0, 0.05) is 41.3 Å². The second-order valence-electron chi connectivity index (χ2n) is 4.23. The molecule has 0 fully saturated rings. The van der Waals surface area contributed by atoms with Crippen LogP contribution in [0.25, 0.3) is 22.4 Å². The van der Waals surface area contributed by atoms with Gasteiger partial charge in [0.05, 0.1) is 5.56 Å². The fraction of sp³-hybridized carbons (Fsp3) is 0. The van der Waals surface area contributed by atoms with Crippen LogP contribution in [0.3, 0.4) is 0 Å². The molecule has 0 unspecified atom stereocenters. The first-order valence-corrected chi connectivity index (χ1v) is 7.27. The molecule has 2 N–H and O–H groups in total.